The molecule has 1 aromatic heterocycles. The zero-order valence-corrected chi connectivity index (χ0v) is 13.4. The molecule has 1 heterocycles. The minimum Gasteiger partial charge on any atom is -0.406 e. The van der Waals surface area contributed by atoms with Gasteiger partial charge in [0.2, 0.25) is 5.91 Å². The molecule has 1 N–H and O–H groups in total. The van der Waals surface area contributed by atoms with Crippen LogP contribution in [0.2, 0.25) is 0 Å². The van der Waals surface area contributed by atoms with E-state index in [1.54, 1.807) is 6.08 Å². The van der Waals surface area contributed by atoms with Gasteiger partial charge in [0, 0.05) is 11.8 Å². The van der Waals surface area contributed by atoms with Gasteiger partial charge in [0.15, 0.2) is 0 Å². The summed E-state index contributed by atoms with van der Waals surface area (Å²) in [5.74, 6) is -0.765. The highest BCUT2D eigenvalue weighted by Gasteiger charge is 2.30. The summed E-state index contributed by atoms with van der Waals surface area (Å²) in [5.41, 5.74) is 1.21. The summed E-state index contributed by atoms with van der Waals surface area (Å²) >= 11 is 1.45. The molecule has 0 aliphatic rings. The molecule has 0 atom stereocenters. The SMILES string of the molecule is O=C(/C=C/c1nc2ccccc2s1)Nc1ccc(OC(F)(F)F)cc1. The number of halogens is 3. The van der Waals surface area contributed by atoms with Crippen molar-refractivity contribution in [1.29, 1.82) is 0 Å². The Bertz CT molecular complexity index is 885. The topological polar surface area (TPSA) is 51.2 Å². The van der Waals surface area contributed by atoms with E-state index in [0.717, 1.165) is 22.3 Å². The summed E-state index contributed by atoms with van der Waals surface area (Å²) in [6.07, 6.45) is -1.84. The van der Waals surface area contributed by atoms with Gasteiger partial charge in [-0.2, -0.15) is 0 Å². The third-order valence-corrected chi connectivity index (χ3v) is 4.04. The number of ether oxygens (including phenoxy) is 1. The van der Waals surface area contributed by atoms with Crippen LogP contribution in [-0.2, 0) is 4.79 Å². The zero-order valence-electron chi connectivity index (χ0n) is 12.6. The molecule has 0 saturated heterocycles. The largest absolute Gasteiger partial charge is 0.573 e. The van der Waals surface area contributed by atoms with E-state index in [-0.39, 0.29) is 5.75 Å². The van der Waals surface area contributed by atoms with Gasteiger partial charge in [0.05, 0.1) is 10.2 Å². The number of aromatic nitrogens is 1. The van der Waals surface area contributed by atoms with E-state index >= 15 is 0 Å². The van der Waals surface area contributed by atoms with Gasteiger partial charge < -0.3 is 10.1 Å². The van der Waals surface area contributed by atoms with Crippen molar-refractivity contribution in [2.45, 2.75) is 6.36 Å². The second kappa shape index (κ2) is 6.94. The number of rotatable bonds is 4. The fourth-order valence-electron chi connectivity index (χ4n) is 2.03. The number of benzene rings is 2. The van der Waals surface area contributed by atoms with Crippen molar-refractivity contribution in [2.24, 2.45) is 0 Å². The highest BCUT2D eigenvalue weighted by Crippen LogP contribution is 2.24. The van der Waals surface area contributed by atoms with Crippen molar-refractivity contribution in [3.05, 3.63) is 59.6 Å². The van der Waals surface area contributed by atoms with Crippen LogP contribution in [-0.4, -0.2) is 17.3 Å². The summed E-state index contributed by atoms with van der Waals surface area (Å²) in [6.45, 7) is 0. The van der Waals surface area contributed by atoms with Crippen LogP contribution in [0.5, 0.6) is 5.75 Å². The molecular weight excluding hydrogens is 353 g/mol. The number of anilines is 1. The molecule has 0 saturated carbocycles. The Balaban J connectivity index is 1.62. The number of carbonyl (C=O) groups excluding carboxylic acids is 1. The van der Waals surface area contributed by atoms with Gasteiger partial charge >= 0.3 is 6.36 Å². The Morgan fingerprint density at radius 2 is 1.84 bits per heavy atom. The Hall–Kier alpha value is -2.87. The van der Waals surface area contributed by atoms with Crippen molar-refractivity contribution < 1.29 is 22.7 Å². The van der Waals surface area contributed by atoms with Gasteiger partial charge in [-0.25, -0.2) is 4.98 Å². The Morgan fingerprint density at radius 3 is 2.52 bits per heavy atom. The standard InChI is InChI=1S/C17H11F3N2O2S/c18-17(19,20)24-12-7-5-11(6-8-12)21-15(23)9-10-16-22-13-3-1-2-4-14(13)25-16/h1-10H,(H,21,23)/b10-9+. The van der Waals surface area contributed by atoms with E-state index in [0.29, 0.717) is 10.7 Å². The fourth-order valence-corrected chi connectivity index (χ4v) is 2.90. The Kier molecular flexibility index (Phi) is 4.71. The van der Waals surface area contributed by atoms with Gasteiger partial charge in [-0.15, -0.1) is 24.5 Å². The molecule has 4 nitrogen and oxygen atoms in total. The van der Waals surface area contributed by atoms with Crippen LogP contribution in [0, 0.1) is 0 Å². The number of carbonyl (C=O) groups is 1. The normalized spacial score (nSPS) is 11.8. The van der Waals surface area contributed by atoms with Crippen molar-refractivity contribution in [2.75, 3.05) is 5.32 Å². The first-order valence-corrected chi connectivity index (χ1v) is 7.91. The monoisotopic (exact) mass is 364 g/mol. The van der Waals surface area contributed by atoms with Crippen molar-refractivity contribution in [3.8, 4) is 5.75 Å². The van der Waals surface area contributed by atoms with Crippen LogP contribution in [0.15, 0.2) is 54.6 Å². The highest BCUT2D eigenvalue weighted by atomic mass is 32.1. The van der Waals surface area contributed by atoms with Gasteiger partial charge in [-0.05, 0) is 42.5 Å². The van der Waals surface area contributed by atoms with Crippen molar-refractivity contribution >= 4 is 39.2 Å². The smallest absolute Gasteiger partial charge is 0.406 e. The van der Waals surface area contributed by atoms with Crippen LogP contribution < -0.4 is 10.1 Å². The van der Waals surface area contributed by atoms with E-state index in [9.17, 15) is 18.0 Å². The molecule has 25 heavy (non-hydrogen) atoms. The van der Waals surface area contributed by atoms with Gasteiger partial charge in [0.1, 0.15) is 10.8 Å². The summed E-state index contributed by atoms with van der Waals surface area (Å²) < 4.78 is 41.0. The summed E-state index contributed by atoms with van der Waals surface area (Å²) in [5, 5.41) is 3.24. The minimum absolute atomic E-state index is 0.351. The molecule has 0 bridgehead atoms. The number of hydrogen-bond acceptors (Lipinski definition) is 4. The lowest BCUT2D eigenvalue weighted by Crippen LogP contribution is -2.17. The second-order valence-electron chi connectivity index (χ2n) is 4.91. The molecule has 3 aromatic rings. The molecule has 8 heteroatoms. The fraction of sp³-hybridized carbons (Fsp3) is 0.0588. The maximum Gasteiger partial charge on any atom is 0.573 e. The lowest BCUT2D eigenvalue weighted by molar-refractivity contribution is -0.274. The molecule has 0 spiro atoms. The number of fused-ring (bicyclic) bond motifs is 1. The molecule has 0 aliphatic carbocycles. The van der Waals surface area contributed by atoms with Crippen LogP contribution in [0.25, 0.3) is 16.3 Å². The van der Waals surface area contributed by atoms with Crippen LogP contribution in [0.3, 0.4) is 0 Å². The number of nitrogens with zero attached hydrogens (tertiary/aromatic N) is 1. The molecule has 0 fully saturated rings. The van der Waals surface area contributed by atoms with Gasteiger partial charge in [-0.1, -0.05) is 12.1 Å². The number of nitrogens with one attached hydrogen (secondary N) is 1. The van der Waals surface area contributed by atoms with Gasteiger partial charge in [0.25, 0.3) is 0 Å². The average Bonchev–Trinajstić information content (AvgIpc) is 2.96. The molecule has 0 unspecified atom stereocenters. The maximum absolute atomic E-state index is 12.1. The highest BCUT2D eigenvalue weighted by molar-refractivity contribution is 7.19. The van der Waals surface area contributed by atoms with E-state index < -0.39 is 12.3 Å². The first kappa shape index (κ1) is 17.0. The molecule has 2 aromatic carbocycles. The summed E-state index contributed by atoms with van der Waals surface area (Å²) in [6, 6.07) is 12.5. The molecule has 0 aliphatic heterocycles. The maximum atomic E-state index is 12.1. The van der Waals surface area contributed by atoms with Crippen molar-refractivity contribution in [3.63, 3.8) is 0 Å². The molecule has 0 radical (unpaired) electrons. The van der Waals surface area contributed by atoms with Crippen molar-refractivity contribution in [1.82, 2.24) is 4.98 Å². The lowest BCUT2D eigenvalue weighted by Gasteiger charge is -2.09. The Morgan fingerprint density at radius 1 is 1.12 bits per heavy atom. The molecule has 128 valence electrons. The second-order valence-corrected chi connectivity index (χ2v) is 5.98. The van der Waals surface area contributed by atoms with Crippen LogP contribution in [0.4, 0.5) is 18.9 Å². The Labute approximate surface area is 144 Å². The number of para-hydroxylation sites is 1. The van der Waals surface area contributed by atoms with Crippen LogP contribution in [0.1, 0.15) is 5.01 Å². The summed E-state index contributed by atoms with van der Waals surface area (Å²) in [4.78, 5) is 16.2. The molecule has 3 rings (SSSR count). The first-order valence-electron chi connectivity index (χ1n) is 7.09. The molecule has 1 amide bonds. The third-order valence-electron chi connectivity index (χ3n) is 3.04. The minimum atomic E-state index is -4.75. The van der Waals surface area contributed by atoms with E-state index in [1.165, 1.54) is 29.5 Å². The quantitative estimate of drug-likeness (QED) is 0.674. The number of amides is 1. The zero-order chi connectivity index (χ0) is 17.9. The molecular formula is C17H11F3N2O2S. The predicted octanol–water partition coefficient (Wildman–Crippen LogP) is 4.85. The first-order chi connectivity index (χ1) is 11.9. The van der Waals surface area contributed by atoms with E-state index in [4.69, 9.17) is 0 Å². The van der Waals surface area contributed by atoms with E-state index in [1.807, 2.05) is 24.3 Å². The van der Waals surface area contributed by atoms with Crippen LogP contribution >= 0.6 is 11.3 Å². The lowest BCUT2D eigenvalue weighted by atomic mass is 10.3. The number of alkyl halides is 3. The third kappa shape index (κ3) is 4.80. The number of thiazole rings is 1. The summed E-state index contributed by atoms with van der Waals surface area (Å²) in [7, 11) is 0. The number of hydrogen-bond donors (Lipinski definition) is 1. The van der Waals surface area contributed by atoms with E-state index in [2.05, 4.69) is 15.0 Å². The average molecular weight is 364 g/mol. The predicted molar refractivity (Wildman–Crippen MR) is 90.4 cm³/mol. The van der Waals surface area contributed by atoms with Gasteiger partial charge in [-0.3, -0.25) is 4.79 Å².